The summed E-state index contributed by atoms with van der Waals surface area (Å²) in [7, 11) is 0. The average Bonchev–Trinajstić information content (AvgIpc) is 2.92. The summed E-state index contributed by atoms with van der Waals surface area (Å²) >= 11 is 6.00. The molecule has 1 aromatic carbocycles. The van der Waals surface area contributed by atoms with Crippen molar-refractivity contribution in [2.45, 2.75) is 25.9 Å². The van der Waals surface area contributed by atoms with Crippen LogP contribution in [0.4, 0.5) is 5.82 Å². The van der Waals surface area contributed by atoms with Crippen molar-refractivity contribution in [1.29, 1.82) is 0 Å². The monoisotopic (exact) mass is 317 g/mol. The molecule has 1 fully saturated rings. The lowest BCUT2D eigenvalue weighted by Gasteiger charge is -2.18. The van der Waals surface area contributed by atoms with Gasteiger partial charge in [-0.25, -0.2) is 4.98 Å². The number of halogens is 1. The molecule has 22 heavy (non-hydrogen) atoms. The Hall–Kier alpha value is -1.78. The van der Waals surface area contributed by atoms with E-state index in [0.717, 1.165) is 31.7 Å². The number of rotatable bonds is 4. The number of aromatic nitrogens is 1. The van der Waals surface area contributed by atoms with E-state index in [-0.39, 0.29) is 11.8 Å². The normalized spacial score (nSPS) is 18.5. The molecule has 0 saturated carbocycles. The maximum atomic E-state index is 10.0. The van der Waals surface area contributed by atoms with Crippen molar-refractivity contribution in [1.82, 2.24) is 9.88 Å². The van der Waals surface area contributed by atoms with Crippen LogP contribution in [0.5, 0.6) is 5.75 Å². The molecule has 0 amide bonds. The van der Waals surface area contributed by atoms with E-state index < -0.39 is 0 Å². The standard InChI is InChI=1S/C17H20ClN3O/c1-12-9-15(18)16(22)17(19-12)20-14-7-8-21(11-14)10-13-5-3-2-4-6-13/h2-6,9,14,22H,7-8,10-11H2,1H3,(H,19,20)/t14-/m0/s1. The third kappa shape index (κ3) is 3.51. The van der Waals surface area contributed by atoms with Gasteiger partial charge in [-0.15, -0.1) is 0 Å². The first-order valence-corrected chi connectivity index (χ1v) is 7.88. The molecule has 1 saturated heterocycles. The highest BCUT2D eigenvalue weighted by Gasteiger charge is 2.24. The first kappa shape index (κ1) is 15.1. The van der Waals surface area contributed by atoms with Gasteiger partial charge in [0.2, 0.25) is 0 Å². The average molecular weight is 318 g/mol. The second-order valence-corrected chi connectivity index (χ2v) is 6.20. The number of nitrogens with one attached hydrogen (secondary N) is 1. The Morgan fingerprint density at radius 2 is 2.14 bits per heavy atom. The van der Waals surface area contributed by atoms with Gasteiger partial charge in [-0.05, 0) is 25.0 Å². The second-order valence-electron chi connectivity index (χ2n) is 5.79. The predicted molar refractivity (Wildman–Crippen MR) is 89.4 cm³/mol. The number of nitrogens with zero attached hydrogens (tertiary/aromatic N) is 2. The minimum Gasteiger partial charge on any atom is -0.503 e. The van der Waals surface area contributed by atoms with Gasteiger partial charge in [-0.2, -0.15) is 0 Å². The van der Waals surface area contributed by atoms with E-state index in [2.05, 4.69) is 39.5 Å². The van der Waals surface area contributed by atoms with Gasteiger partial charge >= 0.3 is 0 Å². The van der Waals surface area contributed by atoms with Crippen LogP contribution in [-0.2, 0) is 6.54 Å². The zero-order valence-electron chi connectivity index (χ0n) is 12.6. The minimum atomic E-state index is 0.0359. The van der Waals surface area contributed by atoms with Crippen molar-refractivity contribution in [3.63, 3.8) is 0 Å². The zero-order chi connectivity index (χ0) is 15.5. The summed E-state index contributed by atoms with van der Waals surface area (Å²) in [5.41, 5.74) is 2.12. The van der Waals surface area contributed by atoms with Gasteiger partial charge in [0.15, 0.2) is 11.6 Å². The second kappa shape index (κ2) is 6.55. The summed E-state index contributed by atoms with van der Waals surface area (Å²) in [6, 6.07) is 12.4. The van der Waals surface area contributed by atoms with Crippen LogP contribution in [0.15, 0.2) is 36.4 Å². The van der Waals surface area contributed by atoms with E-state index in [4.69, 9.17) is 11.6 Å². The van der Waals surface area contributed by atoms with Crippen molar-refractivity contribution in [2.24, 2.45) is 0 Å². The van der Waals surface area contributed by atoms with Crippen LogP contribution in [-0.4, -0.2) is 34.1 Å². The maximum Gasteiger partial charge on any atom is 0.177 e. The highest BCUT2D eigenvalue weighted by Crippen LogP contribution is 2.31. The van der Waals surface area contributed by atoms with Gasteiger partial charge in [0.1, 0.15) is 0 Å². The van der Waals surface area contributed by atoms with Gasteiger partial charge < -0.3 is 10.4 Å². The molecule has 2 N–H and O–H groups in total. The van der Waals surface area contributed by atoms with Crippen LogP contribution < -0.4 is 5.32 Å². The summed E-state index contributed by atoms with van der Waals surface area (Å²) in [6.45, 7) is 4.79. The summed E-state index contributed by atoms with van der Waals surface area (Å²) in [5, 5.41) is 13.7. The Labute approximate surface area is 135 Å². The lowest BCUT2D eigenvalue weighted by Crippen LogP contribution is -2.26. The topological polar surface area (TPSA) is 48.4 Å². The molecule has 5 heteroatoms. The number of aromatic hydroxyl groups is 1. The number of pyridine rings is 1. The third-order valence-electron chi connectivity index (χ3n) is 3.94. The molecule has 116 valence electrons. The predicted octanol–water partition coefficient (Wildman–Crippen LogP) is 3.44. The molecular weight excluding hydrogens is 298 g/mol. The van der Waals surface area contributed by atoms with Crippen LogP contribution in [0.25, 0.3) is 0 Å². The Balaban J connectivity index is 1.62. The minimum absolute atomic E-state index is 0.0359. The van der Waals surface area contributed by atoms with E-state index in [1.807, 2.05) is 13.0 Å². The van der Waals surface area contributed by atoms with Gasteiger partial charge in [0.25, 0.3) is 0 Å². The summed E-state index contributed by atoms with van der Waals surface area (Å²) in [6.07, 6.45) is 1.03. The van der Waals surface area contributed by atoms with E-state index in [1.165, 1.54) is 5.56 Å². The molecule has 0 aliphatic carbocycles. The van der Waals surface area contributed by atoms with Crippen molar-refractivity contribution in [3.8, 4) is 5.75 Å². The van der Waals surface area contributed by atoms with Crippen molar-refractivity contribution < 1.29 is 5.11 Å². The van der Waals surface area contributed by atoms with E-state index in [9.17, 15) is 5.11 Å². The van der Waals surface area contributed by atoms with E-state index in [0.29, 0.717) is 10.8 Å². The molecule has 0 unspecified atom stereocenters. The molecule has 1 aliphatic heterocycles. The largest absolute Gasteiger partial charge is 0.503 e. The smallest absolute Gasteiger partial charge is 0.177 e. The SMILES string of the molecule is Cc1cc(Cl)c(O)c(N[C@H]2CCN(Cc3ccccc3)C2)n1. The fourth-order valence-corrected chi connectivity index (χ4v) is 3.10. The molecule has 0 bridgehead atoms. The Kier molecular flexibility index (Phi) is 4.50. The number of likely N-dealkylation sites (tertiary alicyclic amines) is 1. The summed E-state index contributed by atoms with van der Waals surface area (Å²) < 4.78 is 0. The number of hydrogen-bond donors (Lipinski definition) is 2. The maximum absolute atomic E-state index is 10.0. The van der Waals surface area contributed by atoms with Crippen LogP contribution >= 0.6 is 11.6 Å². The van der Waals surface area contributed by atoms with Crippen LogP contribution in [0.1, 0.15) is 17.7 Å². The van der Waals surface area contributed by atoms with Gasteiger partial charge in [-0.1, -0.05) is 41.9 Å². The van der Waals surface area contributed by atoms with Crippen molar-refractivity contribution in [3.05, 3.63) is 52.7 Å². The summed E-state index contributed by atoms with van der Waals surface area (Å²) in [4.78, 5) is 6.75. The number of hydrogen-bond acceptors (Lipinski definition) is 4. The highest BCUT2D eigenvalue weighted by atomic mass is 35.5. The molecule has 2 aromatic rings. The quantitative estimate of drug-likeness (QED) is 0.907. The number of aryl methyl sites for hydroxylation is 1. The fraction of sp³-hybridized carbons (Fsp3) is 0.353. The van der Waals surface area contributed by atoms with E-state index >= 15 is 0 Å². The van der Waals surface area contributed by atoms with Crippen molar-refractivity contribution in [2.75, 3.05) is 18.4 Å². The molecule has 0 radical (unpaired) electrons. The Bertz CT molecular complexity index is 648. The lowest BCUT2D eigenvalue weighted by atomic mass is 10.2. The summed E-state index contributed by atoms with van der Waals surface area (Å²) in [5.74, 6) is 0.519. The molecule has 3 rings (SSSR count). The Morgan fingerprint density at radius 3 is 2.91 bits per heavy atom. The molecule has 0 spiro atoms. The Morgan fingerprint density at radius 1 is 1.36 bits per heavy atom. The lowest BCUT2D eigenvalue weighted by molar-refractivity contribution is 0.328. The number of anilines is 1. The molecule has 1 atom stereocenters. The molecule has 1 aliphatic rings. The highest BCUT2D eigenvalue weighted by molar-refractivity contribution is 6.32. The fourth-order valence-electron chi connectivity index (χ4n) is 2.86. The van der Waals surface area contributed by atoms with E-state index in [1.54, 1.807) is 6.07 Å². The van der Waals surface area contributed by atoms with Gasteiger partial charge in [0, 0.05) is 31.4 Å². The zero-order valence-corrected chi connectivity index (χ0v) is 13.3. The molecular formula is C17H20ClN3O. The molecule has 4 nitrogen and oxygen atoms in total. The first-order chi connectivity index (χ1) is 10.6. The van der Waals surface area contributed by atoms with Gasteiger partial charge in [-0.3, -0.25) is 4.90 Å². The molecule has 1 aromatic heterocycles. The van der Waals surface area contributed by atoms with Crippen LogP contribution in [0.3, 0.4) is 0 Å². The van der Waals surface area contributed by atoms with Crippen molar-refractivity contribution >= 4 is 17.4 Å². The first-order valence-electron chi connectivity index (χ1n) is 7.51. The number of benzene rings is 1. The third-order valence-corrected chi connectivity index (χ3v) is 4.22. The van der Waals surface area contributed by atoms with Crippen LogP contribution in [0, 0.1) is 6.92 Å². The van der Waals surface area contributed by atoms with Crippen LogP contribution in [0.2, 0.25) is 5.02 Å². The molecule has 2 heterocycles. The van der Waals surface area contributed by atoms with Gasteiger partial charge in [0.05, 0.1) is 5.02 Å².